The van der Waals surface area contributed by atoms with Gasteiger partial charge in [0.1, 0.15) is 11.6 Å². The Morgan fingerprint density at radius 3 is 1.86 bits per heavy atom. The number of aromatic nitrogens is 2. The lowest BCUT2D eigenvalue weighted by Gasteiger charge is -2.23. The molecule has 1 aromatic carbocycles. The van der Waals surface area contributed by atoms with Gasteiger partial charge in [0.05, 0.1) is 11.4 Å². The Kier molecular flexibility index (Phi) is 14.9. The smallest absolute Gasteiger partial charge is 0.408 e. The van der Waals surface area contributed by atoms with Crippen molar-refractivity contribution in [2.75, 3.05) is 6.54 Å². The molecule has 0 unspecified atom stereocenters. The van der Waals surface area contributed by atoms with Crippen molar-refractivity contribution in [3.63, 3.8) is 0 Å². The molecule has 2 N–H and O–H groups in total. The molecule has 0 radical (unpaired) electrons. The number of pyridine rings is 2. The second-order valence-electron chi connectivity index (χ2n) is 12.6. The average molecular weight is 601 g/mol. The summed E-state index contributed by atoms with van der Waals surface area (Å²) in [5.41, 5.74) is 4.31. The summed E-state index contributed by atoms with van der Waals surface area (Å²) in [5.74, 6) is -0.160. The second-order valence-corrected chi connectivity index (χ2v) is 12.6. The van der Waals surface area contributed by atoms with Crippen LogP contribution in [-0.2, 0) is 16.0 Å². The van der Waals surface area contributed by atoms with E-state index in [0.717, 1.165) is 47.3 Å². The highest BCUT2D eigenvalue weighted by atomic mass is 16.6. The number of amides is 2. The minimum atomic E-state index is -0.669. The number of nitrogens with one attached hydrogen (secondary N) is 2. The Balaban J connectivity index is 1.60. The van der Waals surface area contributed by atoms with Crippen LogP contribution in [0.25, 0.3) is 22.5 Å². The number of hydrogen-bond donors (Lipinski definition) is 2. The molecule has 0 aliphatic rings. The lowest BCUT2D eigenvalue weighted by molar-refractivity contribution is -0.123. The molecule has 3 rings (SSSR count). The van der Waals surface area contributed by atoms with Gasteiger partial charge in [-0.25, -0.2) is 4.79 Å². The number of carbonyl (C=O) groups excluding carboxylic acids is 2. The summed E-state index contributed by atoms with van der Waals surface area (Å²) in [5, 5.41) is 5.88. The zero-order chi connectivity index (χ0) is 31.6. The van der Waals surface area contributed by atoms with E-state index in [1.807, 2.05) is 57.2 Å². The molecule has 1 atom stereocenters. The molecule has 0 fully saturated rings. The zero-order valence-corrected chi connectivity index (χ0v) is 27.2. The molecule has 0 aliphatic heterocycles. The van der Waals surface area contributed by atoms with Crippen LogP contribution in [0.2, 0.25) is 0 Å². The number of aryl methyl sites for hydroxylation is 1. The first kappa shape index (κ1) is 34.7. The predicted molar refractivity (Wildman–Crippen MR) is 179 cm³/mol. The highest BCUT2D eigenvalue weighted by molar-refractivity contribution is 5.85. The Morgan fingerprint density at radius 2 is 1.34 bits per heavy atom. The number of benzene rings is 1. The van der Waals surface area contributed by atoms with Gasteiger partial charge in [-0.1, -0.05) is 70.4 Å². The van der Waals surface area contributed by atoms with E-state index in [0.29, 0.717) is 19.4 Å². The van der Waals surface area contributed by atoms with E-state index < -0.39 is 17.7 Å². The van der Waals surface area contributed by atoms with Gasteiger partial charge in [0, 0.05) is 30.1 Å². The highest BCUT2D eigenvalue weighted by Gasteiger charge is 2.24. The number of nitrogens with zero attached hydrogens (tertiary/aromatic N) is 2. The lowest BCUT2D eigenvalue weighted by atomic mass is 9.97. The molecular formula is C37H52N4O3. The van der Waals surface area contributed by atoms with Crippen molar-refractivity contribution < 1.29 is 14.3 Å². The molecule has 0 aliphatic carbocycles. The second kappa shape index (κ2) is 18.8. The first-order chi connectivity index (χ1) is 21.2. The molecule has 0 spiro atoms. The van der Waals surface area contributed by atoms with Gasteiger partial charge in [0.2, 0.25) is 5.91 Å². The van der Waals surface area contributed by atoms with Crippen molar-refractivity contribution in [2.24, 2.45) is 0 Å². The Hall–Kier alpha value is -3.74. The topological polar surface area (TPSA) is 93.2 Å². The predicted octanol–water partition coefficient (Wildman–Crippen LogP) is 8.67. The van der Waals surface area contributed by atoms with Gasteiger partial charge >= 0.3 is 6.09 Å². The van der Waals surface area contributed by atoms with Gasteiger partial charge in [-0.3, -0.25) is 14.8 Å². The van der Waals surface area contributed by atoms with E-state index in [2.05, 4.69) is 45.7 Å². The van der Waals surface area contributed by atoms with Gasteiger partial charge in [0.25, 0.3) is 0 Å². The van der Waals surface area contributed by atoms with Crippen molar-refractivity contribution in [3.05, 3.63) is 72.6 Å². The standard InChI is InChI=1S/C37H52N4O3/c1-5-6-7-8-9-10-11-12-15-25-40-35(42)34(41-36(43)44-37(2,3)4)22-18-19-29-26-30(32-20-13-16-23-38-32)28-31(27-29)33-21-14-17-24-39-33/h13-14,16-17,20-21,23-24,26-28,34H,5-12,15,18-19,22,25H2,1-4H3,(H,40,42)(H,41,43)/t34-/m0/s1. The molecule has 0 bridgehead atoms. The van der Waals surface area contributed by atoms with Gasteiger partial charge < -0.3 is 15.4 Å². The van der Waals surface area contributed by atoms with Crippen LogP contribution < -0.4 is 10.6 Å². The zero-order valence-electron chi connectivity index (χ0n) is 27.2. The fraction of sp³-hybridized carbons (Fsp3) is 0.514. The summed E-state index contributed by atoms with van der Waals surface area (Å²) in [6.07, 6.45) is 16.0. The first-order valence-electron chi connectivity index (χ1n) is 16.5. The van der Waals surface area contributed by atoms with Crippen LogP contribution in [0, 0.1) is 0 Å². The number of carbonyl (C=O) groups is 2. The summed E-state index contributed by atoms with van der Waals surface area (Å²) in [7, 11) is 0. The molecule has 238 valence electrons. The molecular weight excluding hydrogens is 548 g/mol. The van der Waals surface area contributed by atoms with Crippen molar-refractivity contribution >= 4 is 12.0 Å². The summed E-state index contributed by atoms with van der Waals surface area (Å²) >= 11 is 0. The molecule has 3 aromatic rings. The van der Waals surface area contributed by atoms with E-state index in [9.17, 15) is 9.59 Å². The Morgan fingerprint density at radius 1 is 0.773 bits per heavy atom. The minimum absolute atomic E-state index is 0.160. The molecule has 2 aromatic heterocycles. The number of hydrogen-bond acceptors (Lipinski definition) is 5. The van der Waals surface area contributed by atoms with Gasteiger partial charge in [0.15, 0.2) is 0 Å². The van der Waals surface area contributed by atoms with Crippen LogP contribution in [-0.4, -0.2) is 40.2 Å². The number of rotatable bonds is 18. The van der Waals surface area contributed by atoms with Crippen LogP contribution in [0.5, 0.6) is 0 Å². The maximum Gasteiger partial charge on any atom is 0.408 e. The molecule has 2 heterocycles. The number of unbranched alkanes of at least 4 members (excludes halogenated alkanes) is 8. The molecule has 0 saturated carbocycles. The summed E-state index contributed by atoms with van der Waals surface area (Å²) < 4.78 is 5.47. The van der Waals surface area contributed by atoms with Crippen molar-refractivity contribution in [3.8, 4) is 22.5 Å². The van der Waals surface area contributed by atoms with Crippen LogP contribution >= 0.6 is 0 Å². The molecule has 7 heteroatoms. The number of alkyl carbamates (subject to hydrolysis) is 1. The normalized spacial score (nSPS) is 12.0. The Labute approximate surface area is 264 Å². The van der Waals surface area contributed by atoms with Gasteiger partial charge in [-0.05, 0) is 94.5 Å². The third-order valence-corrected chi connectivity index (χ3v) is 7.46. The van der Waals surface area contributed by atoms with E-state index in [1.54, 1.807) is 12.4 Å². The lowest BCUT2D eigenvalue weighted by Crippen LogP contribution is -2.48. The van der Waals surface area contributed by atoms with Crippen LogP contribution in [0.3, 0.4) is 0 Å². The largest absolute Gasteiger partial charge is 0.444 e. The molecule has 7 nitrogen and oxygen atoms in total. The van der Waals surface area contributed by atoms with Crippen LogP contribution in [0.1, 0.15) is 104 Å². The van der Waals surface area contributed by atoms with E-state index in [4.69, 9.17) is 4.74 Å². The van der Waals surface area contributed by atoms with Crippen LogP contribution in [0.4, 0.5) is 4.79 Å². The SMILES string of the molecule is CCCCCCCCCCCNC(=O)[C@H](CCCc1cc(-c2ccccn2)cc(-c2ccccn2)c1)NC(=O)OC(C)(C)C. The average Bonchev–Trinajstić information content (AvgIpc) is 3.01. The van der Waals surface area contributed by atoms with E-state index in [1.165, 1.54) is 44.9 Å². The van der Waals surface area contributed by atoms with Crippen LogP contribution in [0.15, 0.2) is 67.0 Å². The summed E-state index contributed by atoms with van der Waals surface area (Å²) in [6.45, 7) is 8.31. The minimum Gasteiger partial charge on any atom is -0.444 e. The third kappa shape index (κ3) is 13.3. The molecule has 44 heavy (non-hydrogen) atoms. The fourth-order valence-corrected chi connectivity index (χ4v) is 5.20. The van der Waals surface area contributed by atoms with Gasteiger partial charge in [-0.2, -0.15) is 0 Å². The Bertz CT molecular complexity index is 1200. The van der Waals surface area contributed by atoms with Crippen molar-refractivity contribution in [2.45, 2.75) is 116 Å². The molecule has 0 saturated heterocycles. The highest BCUT2D eigenvalue weighted by Crippen LogP contribution is 2.27. The maximum absolute atomic E-state index is 13.2. The number of ether oxygens (including phenoxy) is 1. The van der Waals surface area contributed by atoms with Crippen molar-refractivity contribution in [1.82, 2.24) is 20.6 Å². The fourth-order valence-electron chi connectivity index (χ4n) is 5.20. The molecule has 2 amide bonds. The van der Waals surface area contributed by atoms with E-state index in [-0.39, 0.29) is 5.91 Å². The maximum atomic E-state index is 13.2. The quantitative estimate of drug-likeness (QED) is 0.143. The monoisotopic (exact) mass is 600 g/mol. The summed E-state index contributed by atoms with van der Waals surface area (Å²) in [4.78, 5) is 34.9. The van der Waals surface area contributed by atoms with E-state index >= 15 is 0 Å². The third-order valence-electron chi connectivity index (χ3n) is 7.46. The van der Waals surface area contributed by atoms with Crippen molar-refractivity contribution in [1.29, 1.82) is 0 Å². The van der Waals surface area contributed by atoms with Gasteiger partial charge in [-0.15, -0.1) is 0 Å². The first-order valence-corrected chi connectivity index (χ1v) is 16.5. The summed E-state index contributed by atoms with van der Waals surface area (Å²) in [6, 6.07) is 17.5.